The molecule has 0 aliphatic heterocycles. The van der Waals surface area contributed by atoms with Crippen LogP contribution in [0.3, 0.4) is 0 Å². The summed E-state index contributed by atoms with van der Waals surface area (Å²) in [5, 5.41) is 8.76. The molecule has 20 heavy (non-hydrogen) atoms. The Morgan fingerprint density at radius 2 is 1.90 bits per heavy atom. The van der Waals surface area contributed by atoms with E-state index in [2.05, 4.69) is 17.3 Å². The molecule has 2 rings (SSSR count). The average Bonchev–Trinajstić information content (AvgIpc) is 2.61. The quantitative estimate of drug-likeness (QED) is 0.908. The zero-order chi connectivity index (χ0) is 14.7. The summed E-state index contributed by atoms with van der Waals surface area (Å²) in [7, 11) is 1.85. The zero-order valence-electron chi connectivity index (χ0n) is 11.7. The molecule has 0 fully saturated rings. The van der Waals surface area contributed by atoms with Crippen molar-refractivity contribution in [1.82, 2.24) is 15.1 Å². The smallest absolute Gasteiger partial charge is 0.222 e. The molecule has 0 saturated carbocycles. The van der Waals surface area contributed by atoms with Crippen LogP contribution in [-0.4, -0.2) is 16.3 Å². The first-order valence-electron chi connectivity index (χ1n) is 6.38. The van der Waals surface area contributed by atoms with Crippen molar-refractivity contribution in [3.63, 3.8) is 0 Å². The van der Waals surface area contributed by atoms with Crippen LogP contribution in [0.2, 0.25) is 10.0 Å². The van der Waals surface area contributed by atoms with Gasteiger partial charge in [-0.15, -0.1) is 0 Å². The van der Waals surface area contributed by atoms with Gasteiger partial charge in [-0.1, -0.05) is 30.1 Å². The first kappa shape index (κ1) is 15.2. The largest absolute Gasteiger partial charge is 0.439 e. The number of aryl methyl sites for hydroxylation is 2. The van der Waals surface area contributed by atoms with Gasteiger partial charge in [0.15, 0.2) is 0 Å². The second kappa shape index (κ2) is 6.48. The molecule has 0 saturated heterocycles. The summed E-state index contributed by atoms with van der Waals surface area (Å²) in [4.78, 5) is 0. The minimum Gasteiger partial charge on any atom is -0.439 e. The van der Waals surface area contributed by atoms with Crippen LogP contribution in [0.15, 0.2) is 18.2 Å². The van der Waals surface area contributed by atoms with Crippen LogP contribution in [0.25, 0.3) is 0 Å². The number of benzene rings is 1. The summed E-state index contributed by atoms with van der Waals surface area (Å²) in [6.45, 7) is 5.62. The van der Waals surface area contributed by atoms with Gasteiger partial charge in [0.2, 0.25) is 5.88 Å². The Hall–Kier alpha value is -1.23. The summed E-state index contributed by atoms with van der Waals surface area (Å²) in [6, 6.07) is 5.13. The lowest BCUT2D eigenvalue weighted by Gasteiger charge is -2.10. The zero-order valence-corrected chi connectivity index (χ0v) is 13.2. The molecular formula is C14H17Cl2N3O. The normalized spacial score (nSPS) is 10.8. The number of aromatic nitrogens is 2. The highest BCUT2D eigenvalue weighted by atomic mass is 35.5. The Morgan fingerprint density at radius 3 is 2.50 bits per heavy atom. The Kier molecular flexibility index (Phi) is 4.91. The van der Waals surface area contributed by atoms with Crippen molar-refractivity contribution in [3.05, 3.63) is 39.5 Å². The van der Waals surface area contributed by atoms with Crippen molar-refractivity contribution in [1.29, 1.82) is 0 Å². The first-order valence-corrected chi connectivity index (χ1v) is 7.14. The van der Waals surface area contributed by atoms with E-state index in [-0.39, 0.29) is 0 Å². The van der Waals surface area contributed by atoms with Crippen LogP contribution in [0.5, 0.6) is 11.6 Å². The fourth-order valence-corrected chi connectivity index (χ4v) is 2.47. The molecule has 0 atom stereocenters. The second-order valence-electron chi connectivity index (χ2n) is 4.48. The van der Waals surface area contributed by atoms with Gasteiger partial charge in [0.05, 0.1) is 11.3 Å². The molecule has 1 aromatic heterocycles. The third kappa shape index (κ3) is 3.45. The lowest BCUT2D eigenvalue weighted by atomic mass is 10.2. The van der Waals surface area contributed by atoms with Gasteiger partial charge in [0, 0.05) is 23.6 Å². The number of halogens is 2. The molecule has 0 aliphatic rings. The Bertz CT molecular complexity index is 590. The van der Waals surface area contributed by atoms with E-state index < -0.39 is 0 Å². The summed E-state index contributed by atoms with van der Waals surface area (Å²) in [5.41, 5.74) is 1.97. The number of hydrogen-bond donors (Lipinski definition) is 1. The molecule has 0 aliphatic carbocycles. The van der Waals surface area contributed by atoms with E-state index in [1.807, 2.05) is 14.0 Å². The van der Waals surface area contributed by atoms with E-state index in [4.69, 9.17) is 27.9 Å². The number of nitrogens with zero attached hydrogens (tertiary/aromatic N) is 2. The van der Waals surface area contributed by atoms with Crippen molar-refractivity contribution >= 4 is 23.2 Å². The maximum Gasteiger partial charge on any atom is 0.222 e. The predicted molar refractivity (Wildman–Crippen MR) is 81.9 cm³/mol. The third-order valence-electron chi connectivity index (χ3n) is 2.89. The molecule has 4 nitrogen and oxygen atoms in total. The maximum absolute atomic E-state index is 5.99. The number of ether oxygens (including phenoxy) is 1. The van der Waals surface area contributed by atoms with Crippen LogP contribution in [0, 0.1) is 6.92 Å². The number of rotatable bonds is 5. The van der Waals surface area contributed by atoms with Crippen molar-refractivity contribution in [2.24, 2.45) is 7.05 Å². The van der Waals surface area contributed by atoms with E-state index in [9.17, 15) is 0 Å². The Labute approximate surface area is 128 Å². The molecule has 1 heterocycles. The third-order valence-corrected chi connectivity index (χ3v) is 3.33. The highest BCUT2D eigenvalue weighted by Gasteiger charge is 2.15. The lowest BCUT2D eigenvalue weighted by molar-refractivity contribution is 0.424. The van der Waals surface area contributed by atoms with Gasteiger partial charge in [0.25, 0.3) is 0 Å². The van der Waals surface area contributed by atoms with Crippen molar-refractivity contribution in [2.75, 3.05) is 6.54 Å². The predicted octanol–water partition coefficient (Wildman–Crippen LogP) is 3.94. The molecule has 0 radical (unpaired) electrons. The molecule has 0 amide bonds. The first-order chi connectivity index (χ1) is 9.51. The van der Waals surface area contributed by atoms with Gasteiger partial charge < -0.3 is 10.1 Å². The number of nitrogens with one attached hydrogen (secondary N) is 1. The van der Waals surface area contributed by atoms with Crippen LogP contribution in [-0.2, 0) is 13.6 Å². The van der Waals surface area contributed by atoms with Gasteiger partial charge in [-0.25, -0.2) is 4.68 Å². The van der Waals surface area contributed by atoms with Crippen molar-refractivity contribution in [3.8, 4) is 11.6 Å². The van der Waals surface area contributed by atoms with Crippen LogP contribution >= 0.6 is 23.2 Å². The molecule has 2 aromatic rings. The monoisotopic (exact) mass is 313 g/mol. The molecule has 108 valence electrons. The van der Waals surface area contributed by atoms with E-state index in [0.29, 0.717) is 28.2 Å². The molecular weight excluding hydrogens is 297 g/mol. The number of hydrogen-bond acceptors (Lipinski definition) is 3. The minimum atomic E-state index is 0.541. The summed E-state index contributed by atoms with van der Waals surface area (Å²) in [6.07, 6.45) is 0. The van der Waals surface area contributed by atoms with E-state index in [1.54, 1.807) is 22.9 Å². The molecule has 0 spiro atoms. The fraction of sp³-hybridized carbons (Fsp3) is 0.357. The summed E-state index contributed by atoms with van der Waals surface area (Å²) in [5.74, 6) is 1.30. The molecule has 6 heteroatoms. The minimum absolute atomic E-state index is 0.541. The van der Waals surface area contributed by atoms with Gasteiger partial charge in [0.1, 0.15) is 5.75 Å². The standard InChI is InChI=1S/C14H17Cl2N3O/c1-4-17-8-13-9(2)18-19(3)14(13)20-12-6-10(15)5-11(16)7-12/h5-7,17H,4,8H2,1-3H3. The average molecular weight is 314 g/mol. The van der Waals surface area contributed by atoms with E-state index in [0.717, 1.165) is 17.8 Å². The van der Waals surface area contributed by atoms with E-state index >= 15 is 0 Å². The van der Waals surface area contributed by atoms with Gasteiger partial charge in [-0.3, -0.25) is 0 Å². The lowest BCUT2D eigenvalue weighted by Crippen LogP contribution is -2.12. The SMILES string of the molecule is CCNCc1c(C)nn(C)c1Oc1cc(Cl)cc(Cl)c1. The summed E-state index contributed by atoms with van der Waals surface area (Å²) >= 11 is 12.0. The topological polar surface area (TPSA) is 39.1 Å². The Morgan fingerprint density at radius 1 is 1.25 bits per heavy atom. The van der Waals surface area contributed by atoms with Gasteiger partial charge >= 0.3 is 0 Å². The van der Waals surface area contributed by atoms with Crippen molar-refractivity contribution in [2.45, 2.75) is 20.4 Å². The molecule has 0 unspecified atom stereocenters. The molecule has 1 aromatic carbocycles. The van der Waals surface area contributed by atoms with Crippen molar-refractivity contribution < 1.29 is 4.74 Å². The van der Waals surface area contributed by atoms with Crippen LogP contribution in [0.1, 0.15) is 18.2 Å². The van der Waals surface area contributed by atoms with E-state index in [1.165, 1.54) is 0 Å². The van der Waals surface area contributed by atoms with Crippen LogP contribution < -0.4 is 10.1 Å². The van der Waals surface area contributed by atoms with Gasteiger partial charge in [-0.2, -0.15) is 5.10 Å². The highest BCUT2D eigenvalue weighted by molar-refractivity contribution is 6.34. The highest BCUT2D eigenvalue weighted by Crippen LogP contribution is 2.31. The van der Waals surface area contributed by atoms with Crippen LogP contribution in [0.4, 0.5) is 0 Å². The second-order valence-corrected chi connectivity index (χ2v) is 5.35. The Balaban J connectivity index is 2.32. The fourth-order valence-electron chi connectivity index (χ4n) is 1.96. The molecule has 1 N–H and O–H groups in total. The molecule has 0 bridgehead atoms. The summed E-state index contributed by atoms with van der Waals surface area (Å²) < 4.78 is 7.63. The van der Waals surface area contributed by atoms with Gasteiger partial charge in [-0.05, 0) is 31.7 Å². The maximum atomic E-state index is 5.99.